The van der Waals surface area contributed by atoms with Crippen molar-refractivity contribution in [2.45, 2.75) is 59.0 Å². The van der Waals surface area contributed by atoms with Crippen molar-refractivity contribution in [2.24, 2.45) is 4.99 Å². The lowest BCUT2D eigenvalue weighted by atomic mass is 10.1. The number of carbonyl (C=O) groups is 1. The van der Waals surface area contributed by atoms with E-state index in [0.717, 1.165) is 43.3 Å². The summed E-state index contributed by atoms with van der Waals surface area (Å²) >= 11 is 0. The molecule has 0 saturated carbocycles. The summed E-state index contributed by atoms with van der Waals surface area (Å²) in [7, 11) is 0. The van der Waals surface area contributed by atoms with Crippen LogP contribution in [0.1, 0.15) is 63.6 Å². The van der Waals surface area contributed by atoms with Crippen LogP contribution in [0, 0.1) is 0 Å². The number of amides is 1. The van der Waals surface area contributed by atoms with Gasteiger partial charge in [0.1, 0.15) is 0 Å². The fourth-order valence-corrected chi connectivity index (χ4v) is 3.89. The van der Waals surface area contributed by atoms with E-state index in [-0.39, 0.29) is 11.9 Å². The number of guanidine groups is 1. The summed E-state index contributed by atoms with van der Waals surface area (Å²) in [5.74, 6) is 0.853. The van der Waals surface area contributed by atoms with Crippen molar-refractivity contribution in [3.05, 3.63) is 59.7 Å². The monoisotopic (exact) mass is 435 g/mol. The van der Waals surface area contributed by atoms with E-state index in [0.29, 0.717) is 13.0 Å². The molecule has 0 spiro atoms. The summed E-state index contributed by atoms with van der Waals surface area (Å²) in [4.78, 5) is 19.0. The largest absolute Gasteiger partial charge is 0.372 e. The molecule has 1 saturated heterocycles. The van der Waals surface area contributed by atoms with Gasteiger partial charge in [0.15, 0.2) is 5.96 Å². The number of nitrogens with one attached hydrogen (secondary N) is 3. The molecule has 1 amide bonds. The van der Waals surface area contributed by atoms with Crippen LogP contribution in [0.15, 0.2) is 53.5 Å². The summed E-state index contributed by atoms with van der Waals surface area (Å²) in [6.45, 7) is 9.91. The third kappa shape index (κ3) is 7.01. The maximum atomic E-state index is 11.7. The van der Waals surface area contributed by atoms with Gasteiger partial charge in [-0.3, -0.25) is 4.79 Å². The number of hydrogen-bond donors (Lipinski definition) is 3. The molecule has 0 aromatic heterocycles. The molecule has 3 rings (SSSR count). The molecule has 0 bridgehead atoms. The Morgan fingerprint density at radius 2 is 1.84 bits per heavy atom. The van der Waals surface area contributed by atoms with Gasteiger partial charge in [-0.05, 0) is 68.5 Å². The van der Waals surface area contributed by atoms with E-state index in [1.54, 1.807) is 0 Å². The van der Waals surface area contributed by atoms with E-state index in [4.69, 9.17) is 4.99 Å². The standard InChI is InChI=1S/C26H37N5O/c1-4-9-25(32)30-23-14-12-21(13-15-23)19-28-26(27-5-2)29-20(3)22-10-8-11-24(18-22)31-16-6-7-17-31/h8,10-15,18,20H,4-7,9,16-17,19H2,1-3H3,(H,30,32)(H2,27,28,29). The molecule has 6 nitrogen and oxygen atoms in total. The Balaban J connectivity index is 1.61. The van der Waals surface area contributed by atoms with Crippen LogP contribution >= 0.6 is 0 Å². The first-order chi connectivity index (χ1) is 15.6. The van der Waals surface area contributed by atoms with Gasteiger partial charge in [-0.15, -0.1) is 0 Å². The molecule has 1 aliphatic rings. The minimum absolute atomic E-state index is 0.0553. The lowest BCUT2D eigenvalue weighted by Crippen LogP contribution is -2.38. The SMILES string of the molecule is CCCC(=O)Nc1ccc(CN=C(NCC)NC(C)c2cccc(N3CCCC3)c2)cc1. The van der Waals surface area contributed by atoms with Crippen LogP contribution in [0.3, 0.4) is 0 Å². The van der Waals surface area contributed by atoms with Gasteiger partial charge in [0.05, 0.1) is 12.6 Å². The van der Waals surface area contributed by atoms with E-state index in [9.17, 15) is 4.79 Å². The Morgan fingerprint density at radius 1 is 1.09 bits per heavy atom. The second kappa shape index (κ2) is 12.1. The van der Waals surface area contributed by atoms with Crippen LogP contribution in [0.25, 0.3) is 0 Å². The highest BCUT2D eigenvalue weighted by Crippen LogP contribution is 2.24. The Morgan fingerprint density at radius 3 is 2.53 bits per heavy atom. The van der Waals surface area contributed by atoms with Gasteiger partial charge in [-0.1, -0.05) is 31.2 Å². The minimum Gasteiger partial charge on any atom is -0.372 e. The van der Waals surface area contributed by atoms with E-state index in [1.165, 1.54) is 24.1 Å². The Kier molecular flexibility index (Phi) is 8.96. The van der Waals surface area contributed by atoms with E-state index >= 15 is 0 Å². The molecule has 2 aromatic rings. The van der Waals surface area contributed by atoms with Gasteiger partial charge in [-0.25, -0.2) is 4.99 Å². The number of anilines is 2. The average molecular weight is 436 g/mol. The fraction of sp³-hybridized carbons (Fsp3) is 0.462. The average Bonchev–Trinajstić information content (AvgIpc) is 3.34. The van der Waals surface area contributed by atoms with Crippen LogP contribution in [0.2, 0.25) is 0 Å². The van der Waals surface area contributed by atoms with Gasteiger partial charge in [0.25, 0.3) is 0 Å². The topological polar surface area (TPSA) is 68.8 Å². The van der Waals surface area contributed by atoms with E-state index in [1.807, 2.05) is 31.2 Å². The third-order valence-electron chi connectivity index (χ3n) is 5.67. The number of hydrogen-bond acceptors (Lipinski definition) is 3. The minimum atomic E-state index is 0.0553. The number of carbonyl (C=O) groups excluding carboxylic acids is 1. The summed E-state index contributed by atoms with van der Waals surface area (Å²) in [5, 5.41) is 9.80. The molecule has 32 heavy (non-hydrogen) atoms. The molecular weight excluding hydrogens is 398 g/mol. The van der Waals surface area contributed by atoms with Crippen LogP contribution in [-0.4, -0.2) is 31.5 Å². The van der Waals surface area contributed by atoms with Crippen LogP contribution in [0.5, 0.6) is 0 Å². The summed E-state index contributed by atoms with van der Waals surface area (Å²) in [6, 6.07) is 16.9. The van der Waals surface area contributed by atoms with Crippen molar-refractivity contribution in [1.29, 1.82) is 0 Å². The highest BCUT2D eigenvalue weighted by atomic mass is 16.1. The van der Waals surface area contributed by atoms with Crippen molar-refractivity contribution in [2.75, 3.05) is 29.9 Å². The third-order valence-corrected chi connectivity index (χ3v) is 5.67. The molecule has 0 aliphatic carbocycles. The van der Waals surface area contributed by atoms with Crippen LogP contribution in [0.4, 0.5) is 11.4 Å². The highest BCUT2D eigenvalue weighted by molar-refractivity contribution is 5.90. The molecule has 3 N–H and O–H groups in total. The zero-order valence-electron chi connectivity index (χ0n) is 19.7. The van der Waals surface area contributed by atoms with Gasteiger partial charge >= 0.3 is 0 Å². The number of nitrogens with zero attached hydrogens (tertiary/aromatic N) is 2. The first-order valence-electron chi connectivity index (χ1n) is 11.9. The number of aliphatic imine (C=N–C) groups is 1. The number of rotatable bonds is 9. The smallest absolute Gasteiger partial charge is 0.224 e. The van der Waals surface area contributed by atoms with Crippen LogP contribution < -0.4 is 20.9 Å². The second-order valence-corrected chi connectivity index (χ2v) is 8.35. The van der Waals surface area contributed by atoms with Gasteiger partial charge in [0.2, 0.25) is 5.91 Å². The summed E-state index contributed by atoms with van der Waals surface area (Å²) < 4.78 is 0. The Labute approximate surface area is 192 Å². The quantitative estimate of drug-likeness (QED) is 0.389. The zero-order valence-corrected chi connectivity index (χ0v) is 19.7. The molecule has 1 atom stereocenters. The van der Waals surface area contributed by atoms with Crippen molar-refractivity contribution in [3.63, 3.8) is 0 Å². The Hall–Kier alpha value is -3.02. The molecule has 172 valence electrons. The molecule has 1 fully saturated rings. The first-order valence-corrected chi connectivity index (χ1v) is 11.9. The zero-order chi connectivity index (χ0) is 22.8. The highest BCUT2D eigenvalue weighted by Gasteiger charge is 2.14. The molecule has 2 aromatic carbocycles. The fourth-order valence-electron chi connectivity index (χ4n) is 3.89. The Bertz CT molecular complexity index is 887. The van der Waals surface area contributed by atoms with Crippen molar-refractivity contribution in [1.82, 2.24) is 10.6 Å². The lowest BCUT2D eigenvalue weighted by Gasteiger charge is -2.22. The predicted molar refractivity (Wildman–Crippen MR) is 134 cm³/mol. The molecular formula is C26H37N5O. The van der Waals surface area contributed by atoms with E-state index < -0.39 is 0 Å². The first kappa shape index (κ1) is 23.6. The molecule has 0 radical (unpaired) electrons. The van der Waals surface area contributed by atoms with Gasteiger partial charge in [0, 0.05) is 37.4 Å². The second-order valence-electron chi connectivity index (χ2n) is 8.35. The lowest BCUT2D eigenvalue weighted by molar-refractivity contribution is -0.116. The van der Waals surface area contributed by atoms with Gasteiger partial charge in [-0.2, -0.15) is 0 Å². The molecule has 1 heterocycles. The summed E-state index contributed by atoms with van der Waals surface area (Å²) in [5.41, 5.74) is 4.49. The van der Waals surface area contributed by atoms with Crippen molar-refractivity contribution >= 4 is 23.2 Å². The maximum Gasteiger partial charge on any atom is 0.224 e. The molecule has 1 unspecified atom stereocenters. The normalized spacial score (nSPS) is 14.8. The van der Waals surface area contributed by atoms with Gasteiger partial charge < -0.3 is 20.9 Å². The van der Waals surface area contributed by atoms with Crippen LogP contribution in [-0.2, 0) is 11.3 Å². The predicted octanol–water partition coefficient (Wildman–Crippen LogP) is 4.84. The van der Waals surface area contributed by atoms with Crippen molar-refractivity contribution < 1.29 is 4.79 Å². The van der Waals surface area contributed by atoms with Crippen molar-refractivity contribution in [3.8, 4) is 0 Å². The van der Waals surface area contributed by atoms with E-state index in [2.05, 4.69) is 59.0 Å². The molecule has 1 aliphatic heterocycles. The maximum absolute atomic E-state index is 11.7. The summed E-state index contributed by atoms with van der Waals surface area (Å²) in [6.07, 6.45) is 3.95. The number of benzene rings is 2. The molecule has 6 heteroatoms.